The Bertz CT molecular complexity index is 2350. The van der Waals surface area contributed by atoms with Crippen LogP contribution in [0.15, 0.2) is 79.0 Å². The van der Waals surface area contributed by atoms with E-state index < -0.39 is 0 Å². The third-order valence-corrected chi connectivity index (χ3v) is 14.9. The average Bonchev–Trinajstić information content (AvgIpc) is 3.43. The van der Waals surface area contributed by atoms with Gasteiger partial charge in [0.05, 0.1) is 36.8 Å². The van der Waals surface area contributed by atoms with Gasteiger partial charge < -0.3 is 47.3 Å². The van der Waals surface area contributed by atoms with Gasteiger partial charge in [0.15, 0.2) is 0 Å². The molecule has 1 saturated heterocycles. The number of aromatic nitrogens is 5. The van der Waals surface area contributed by atoms with E-state index in [-0.39, 0.29) is 0 Å². The molecule has 72 heavy (non-hydrogen) atoms. The van der Waals surface area contributed by atoms with E-state index in [4.69, 9.17) is 24.7 Å². The van der Waals surface area contributed by atoms with Gasteiger partial charge in [0, 0.05) is 82.3 Å². The third-order valence-electron chi connectivity index (χ3n) is 14.9. The Morgan fingerprint density at radius 1 is 0.542 bits per heavy atom. The van der Waals surface area contributed by atoms with Crippen LogP contribution < -0.4 is 42.5 Å². The summed E-state index contributed by atoms with van der Waals surface area (Å²) in [6, 6.07) is 27.4. The Morgan fingerprint density at radius 3 is 1.89 bits per heavy atom. The van der Waals surface area contributed by atoms with Gasteiger partial charge in [-0.3, -0.25) is 9.88 Å². The Hall–Kier alpha value is -5.29. The number of nitrogens with zero attached hydrogens (tertiary/aromatic N) is 6. The summed E-state index contributed by atoms with van der Waals surface area (Å²) in [5, 5.41) is 29.5. The Morgan fingerprint density at radius 2 is 1.19 bits per heavy atom. The number of hydrogen-bond acceptors (Lipinski definition) is 15. The van der Waals surface area contributed by atoms with Gasteiger partial charge in [-0.15, -0.1) is 0 Å². The van der Waals surface area contributed by atoms with E-state index >= 15 is 0 Å². The Labute approximate surface area is 429 Å². The third kappa shape index (κ3) is 16.4. The second-order valence-electron chi connectivity index (χ2n) is 20.3. The van der Waals surface area contributed by atoms with Gasteiger partial charge in [-0.2, -0.15) is 9.97 Å². The molecule has 5 aromatic rings. The van der Waals surface area contributed by atoms with Crippen molar-refractivity contribution in [1.82, 2.24) is 51.1 Å². The molecule has 8 N–H and O–H groups in total. The quantitative estimate of drug-likeness (QED) is 0.0235. The molecule has 1 aliphatic heterocycles. The second kappa shape index (κ2) is 28.2. The van der Waals surface area contributed by atoms with E-state index in [9.17, 15) is 0 Å². The fourth-order valence-electron chi connectivity index (χ4n) is 10.8. The summed E-state index contributed by atoms with van der Waals surface area (Å²) >= 11 is 0. The lowest BCUT2D eigenvalue weighted by Crippen LogP contribution is -2.39. The highest BCUT2D eigenvalue weighted by Gasteiger charge is 2.23. The maximum atomic E-state index is 5.60. The summed E-state index contributed by atoms with van der Waals surface area (Å²) in [6.45, 7) is 11.8. The van der Waals surface area contributed by atoms with Crippen LogP contribution in [0.5, 0.6) is 0 Å². The normalized spacial score (nSPS) is 17.9. The first-order chi connectivity index (χ1) is 35.7. The number of anilines is 4. The molecule has 2 saturated carbocycles. The SMILES string of the molecule is c1ccc(CNc2cc(-c3cc(NCc4ccc(CNCCCNC5CCCCC5)cc4)nc(NCCN4CCOCC4)n3)nc(NCc3cccc4c3CCCC4NCCCNC3CCCCC3)n2)nc1. The molecule has 3 fully saturated rings. The summed E-state index contributed by atoms with van der Waals surface area (Å²) in [7, 11) is 0. The fraction of sp³-hybridized carbons (Fsp3) is 0.561. The van der Waals surface area contributed by atoms with Crippen LogP contribution in [0, 0.1) is 0 Å². The van der Waals surface area contributed by atoms with E-state index in [1.807, 2.05) is 36.5 Å². The minimum absolute atomic E-state index is 0.373. The van der Waals surface area contributed by atoms with Gasteiger partial charge in [-0.1, -0.05) is 87.1 Å². The summed E-state index contributed by atoms with van der Waals surface area (Å²) < 4.78 is 5.60. The first kappa shape index (κ1) is 51.6. The minimum Gasteiger partial charge on any atom is -0.379 e. The molecule has 9 rings (SSSR count). The zero-order chi connectivity index (χ0) is 48.8. The van der Waals surface area contributed by atoms with E-state index in [1.165, 1.54) is 105 Å². The highest BCUT2D eigenvalue weighted by molar-refractivity contribution is 5.65. The highest BCUT2D eigenvalue weighted by atomic mass is 16.5. The molecule has 1 atom stereocenters. The molecule has 0 amide bonds. The van der Waals surface area contributed by atoms with Crippen LogP contribution in [-0.2, 0) is 37.3 Å². The minimum atomic E-state index is 0.373. The molecule has 4 aliphatic rings. The zero-order valence-corrected chi connectivity index (χ0v) is 42.8. The summed E-state index contributed by atoms with van der Waals surface area (Å²) in [5.74, 6) is 2.49. The predicted molar refractivity (Wildman–Crippen MR) is 292 cm³/mol. The predicted octanol–water partition coefficient (Wildman–Crippen LogP) is 8.59. The first-order valence-corrected chi connectivity index (χ1v) is 27.7. The van der Waals surface area contributed by atoms with E-state index in [0.29, 0.717) is 67.4 Å². The number of morpholine rings is 1. The van der Waals surface area contributed by atoms with Crippen LogP contribution in [0.2, 0.25) is 0 Å². The maximum absolute atomic E-state index is 5.60. The lowest BCUT2D eigenvalue weighted by molar-refractivity contribution is 0.0398. The van der Waals surface area contributed by atoms with Gasteiger partial charge in [0.1, 0.15) is 11.6 Å². The zero-order valence-electron chi connectivity index (χ0n) is 42.8. The van der Waals surface area contributed by atoms with Crippen molar-refractivity contribution in [2.45, 2.75) is 141 Å². The lowest BCUT2D eigenvalue weighted by atomic mass is 9.84. The number of nitrogens with one attached hydrogen (secondary N) is 8. The molecule has 0 bridgehead atoms. The van der Waals surface area contributed by atoms with Crippen molar-refractivity contribution in [3.63, 3.8) is 0 Å². The van der Waals surface area contributed by atoms with Crippen LogP contribution in [0.25, 0.3) is 11.4 Å². The van der Waals surface area contributed by atoms with E-state index in [2.05, 4.69) is 94.9 Å². The smallest absolute Gasteiger partial charge is 0.225 e. The Balaban J connectivity index is 0.871. The van der Waals surface area contributed by atoms with Crippen LogP contribution in [0.3, 0.4) is 0 Å². The summed E-state index contributed by atoms with van der Waals surface area (Å²) in [6.07, 6.45) is 21.1. The summed E-state index contributed by atoms with van der Waals surface area (Å²) in [4.78, 5) is 27.2. The molecular formula is C57H82N14O. The number of ether oxygens (including phenoxy) is 1. The lowest BCUT2D eigenvalue weighted by Gasteiger charge is -2.29. The monoisotopic (exact) mass is 979 g/mol. The van der Waals surface area contributed by atoms with Crippen LogP contribution in [0.4, 0.5) is 23.5 Å². The van der Waals surface area contributed by atoms with E-state index in [0.717, 1.165) is 102 Å². The fourth-order valence-corrected chi connectivity index (χ4v) is 10.8. The van der Waals surface area contributed by atoms with Crippen molar-refractivity contribution < 1.29 is 4.74 Å². The number of benzene rings is 2. The Kier molecular flexibility index (Phi) is 20.2. The molecule has 2 aromatic carbocycles. The van der Waals surface area contributed by atoms with Crippen molar-refractivity contribution in [2.75, 3.05) is 86.8 Å². The molecular weight excluding hydrogens is 897 g/mol. The summed E-state index contributed by atoms with van der Waals surface area (Å²) in [5.41, 5.74) is 8.94. The van der Waals surface area contributed by atoms with Gasteiger partial charge in [0.25, 0.3) is 0 Å². The number of rotatable bonds is 27. The molecule has 4 heterocycles. The molecule has 0 radical (unpaired) electrons. The maximum Gasteiger partial charge on any atom is 0.225 e. The van der Waals surface area contributed by atoms with Crippen molar-refractivity contribution in [1.29, 1.82) is 0 Å². The molecule has 3 aromatic heterocycles. The van der Waals surface area contributed by atoms with Gasteiger partial charge in [-0.25, -0.2) is 9.97 Å². The molecule has 15 nitrogen and oxygen atoms in total. The van der Waals surface area contributed by atoms with Crippen LogP contribution in [-0.4, -0.2) is 107 Å². The van der Waals surface area contributed by atoms with Gasteiger partial charge >= 0.3 is 0 Å². The van der Waals surface area contributed by atoms with Crippen LogP contribution >= 0.6 is 0 Å². The van der Waals surface area contributed by atoms with Crippen molar-refractivity contribution in [2.24, 2.45) is 0 Å². The standard InChI is InChI=1S/C57H82N14O/c1-3-14-46(15-4-1)59-28-11-26-58-39-43-22-24-44(25-23-43)40-64-54-37-52(67-56(69-54)63-31-32-71-33-35-72-36-34-71)53-38-55(65-42-48-18-7-8-27-61-48)70-57(68-53)66-41-45-13-9-20-50-49(45)19-10-21-51(50)62-30-12-29-60-47-16-5-2-6-17-47/h7-9,13,18,20,22-25,27,37-38,46-47,51,58-60,62H,1-6,10-12,14-17,19,21,26,28-36,39-42H2,(H2,63,64,67,69)(H2,65,66,68,70). The first-order valence-electron chi connectivity index (χ1n) is 27.7. The molecule has 15 heteroatoms. The topological polar surface area (TPSA) is 173 Å². The van der Waals surface area contributed by atoms with Crippen molar-refractivity contribution >= 4 is 23.5 Å². The molecule has 0 spiro atoms. The average molecular weight is 979 g/mol. The number of pyridine rings is 1. The number of hydrogen-bond donors (Lipinski definition) is 8. The van der Waals surface area contributed by atoms with Crippen LogP contribution in [0.1, 0.15) is 129 Å². The second-order valence-corrected chi connectivity index (χ2v) is 20.3. The van der Waals surface area contributed by atoms with Gasteiger partial charge in [-0.05, 0) is 124 Å². The van der Waals surface area contributed by atoms with Gasteiger partial charge in [0.2, 0.25) is 11.9 Å². The number of fused-ring (bicyclic) bond motifs is 1. The largest absolute Gasteiger partial charge is 0.379 e. The van der Waals surface area contributed by atoms with E-state index in [1.54, 1.807) is 0 Å². The molecule has 1 unspecified atom stereocenters. The molecule has 386 valence electrons. The highest BCUT2D eigenvalue weighted by Crippen LogP contribution is 2.33. The molecule has 3 aliphatic carbocycles. The van der Waals surface area contributed by atoms with Crippen molar-refractivity contribution in [3.05, 3.63) is 113 Å². The van der Waals surface area contributed by atoms with Crippen molar-refractivity contribution in [3.8, 4) is 11.4 Å².